The molecule has 0 saturated carbocycles. The summed E-state index contributed by atoms with van der Waals surface area (Å²) in [6.45, 7) is 5.40. The molecule has 0 atom stereocenters. The van der Waals surface area contributed by atoms with Gasteiger partial charge in [-0.2, -0.15) is 8.42 Å². The maximum Gasteiger partial charge on any atom is 0.270 e. The zero-order chi connectivity index (χ0) is 14.1. The van der Waals surface area contributed by atoms with E-state index in [4.69, 9.17) is 4.55 Å². The second-order valence-electron chi connectivity index (χ2n) is 5.81. The van der Waals surface area contributed by atoms with E-state index < -0.39 is 14.9 Å². The van der Waals surface area contributed by atoms with Crippen molar-refractivity contribution < 1.29 is 13.0 Å². The first-order valence-electron chi connectivity index (χ1n) is 7.28. The van der Waals surface area contributed by atoms with Crippen LogP contribution >= 0.6 is 0 Å². The molecule has 0 saturated heterocycles. The van der Waals surface area contributed by atoms with Crippen LogP contribution in [0.1, 0.15) is 85.0 Å². The van der Waals surface area contributed by atoms with Gasteiger partial charge in [0.1, 0.15) is 0 Å². The Morgan fingerprint density at radius 2 is 1.22 bits per heavy atom. The van der Waals surface area contributed by atoms with Crippen LogP contribution in [0.15, 0.2) is 0 Å². The maximum atomic E-state index is 11.1. The van der Waals surface area contributed by atoms with Crippen molar-refractivity contribution in [1.82, 2.24) is 0 Å². The molecule has 0 fully saturated rings. The van der Waals surface area contributed by atoms with Crippen LogP contribution in [0.5, 0.6) is 0 Å². The molecule has 0 bridgehead atoms. The van der Waals surface area contributed by atoms with Crippen LogP contribution in [0.25, 0.3) is 0 Å². The van der Waals surface area contributed by atoms with Crippen molar-refractivity contribution in [3.8, 4) is 0 Å². The van der Waals surface area contributed by atoms with Gasteiger partial charge in [-0.05, 0) is 20.3 Å². The highest BCUT2D eigenvalue weighted by Crippen LogP contribution is 2.23. The molecular formula is C14H30O3S. The summed E-state index contributed by atoms with van der Waals surface area (Å²) >= 11 is 0. The summed E-state index contributed by atoms with van der Waals surface area (Å²) in [5.74, 6) is 0. The largest absolute Gasteiger partial charge is 0.285 e. The van der Waals surface area contributed by atoms with Gasteiger partial charge in [0.15, 0.2) is 0 Å². The zero-order valence-corrected chi connectivity index (χ0v) is 13.1. The minimum Gasteiger partial charge on any atom is -0.285 e. The van der Waals surface area contributed by atoms with Gasteiger partial charge in [0.25, 0.3) is 10.1 Å². The number of hydrogen-bond donors (Lipinski definition) is 1. The highest BCUT2D eigenvalue weighted by molar-refractivity contribution is 7.87. The molecule has 0 aromatic carbocycles. The van der Waals surface area contributed by atoms with Gasteiger partial charge >= 0.3 is 0 Å². The maximum absolute atomic E-state index is 11.1. The SMILES string of the molecule is CCCCCCCCCCCC(C)(C)S(=O)(=O)O. The van der Waals surface area contributed by atoms with Gasteiger partial charge in [-0.3, -0.25) is 4.55 Å². The first-order valence-corrected chi connectivity index (χ1v) is 8.72. The Morgan fingerprint density at radius 1 is 0.833 bits per heavy atom. The first kappa shape index (κ1) is 17.9. The van der Waals surface area contributed by atoms with E-state index in [0.29, 0.717) is 6.42 Å². The van der Waals surface area contributed by atoms with Crippen LogP contribution in [0.4, 0.5) is 0 Å². The Kier molecular flexibility index (Phi) is 8.87. The van der Waals surface area contributed by atoms with Gasteiger partial charge in [0.05, 0.1) is 4.75 Å². The van der Waals surface area contributed by atoms with E-state index in [0.717, 1.165) is 12.8 Å². The number of unbranched alkanes of at least 4 members (excludes halogenated alkanes) is 8. The fourth-order valence-electron chi connectivity index (χ4n) is 1.99. The molecule has 0 amide bonds. The third-order valence-electron chi connectivity index (χ3n) is 3.58. The van der Waals surface area contributed by atoms with E-state index in [2.05, 4.69) is 6.92 Å². The topological polar surface area (TPSA) is 54.4 Å². The van der Waals surface area contributed by atoms with Crippen molar-refractivity contribution in [3.63, 3.8) is 0 Å². The molecule has 3 nitrogen and oxygen atoms in total. The van der Waals surface area contributed by atoms with Crippen LogP contribution in [0.2, 0.25) is 0 Å². The van der Waals surface area contributed by atoms with Gasteiger partial charge in [0, 0.05) is 0 Å². The number of rotatable bonds is 11. The van der Waals surface area contributed by atoms with Crippen LogP contribution < -0.4 is 0 Å². The summed E-state index contributed by atoms with van der Waals surface area (Å²) in [4.78, 5) is 0. The van der Waals surface area contributed by atoms with E-state index in [1.54, 1.807) is 13.8 Å². The average Bonchev–Trinajstić information content (AvgIpc) is 2.25. The molecule has 110 valence electrons. The van der Waals surface area contributed by atoms with Crippen molar-refractivity contribution >= 4 is 10.1 Å². The molecule has 0 aliphatic heterocycles. The normalized spacial score (nSPS) is 12.9. The van der Waals surface area contributed by atoms with Gasteiger partial charge in [-0.1, -0.05) is 64.7 Å². The lowest BCUT2D eigenvalue weighted by Gasteiger charge is -2.20. The first-order chi connectivity index (χ1) is 8.31. The van der Waals surface area contributed by atoms with Crippen LogP contribution in [-0.4, -0.2) is 17.7 Å². The van der Waals surface area contributed by atoms with E-state index in [9.17, 15) is 8.42 Å². The molecule has 0 aliphatic carbocycles. The molecule has 0 unspecified atom stereocenters. The summed E-state index contributed by atoms with van der Waals surface area (Å²) in [7, 11) is -3.91. The standard InChI is InChI=1S/C14H30O3S/c1-4-5-6-7-8-9-10-11-12-13-14(2,3)18(15,16)17/h4-13H2,1-3H3,(H,15,16,17). The summed E-state index contributed by atoms with van der Waals surface area (Å²) < 4.78 is 30.2. The van der Waals surface area contributed by atoms with Crippen LogP contribution in [-0.2, 0) is 10.1 Å². The van der Waals surface area contributed by atoms with Gasteiger partial charge in [-0.25, -0.2) is 0 Å². The average molecular weight is 278 g/mol. The molecule has 0 aromatic rings. The quantitative estimate of drug-likeness (QED) is 0.445. The minimum atomic E-state index is -3.91. The summed E-state index contributed by atoms with van der Waals surface area (Å²) in [6.07, 6.45) is 11.5. The highest BCUT2D eigenvalue weighted by Gasteiger charge is 2.31. The Labute approximate surface area is 113 Å². The fraction of sp³-hybridized carbons (Fsp3) is 1.00. The predicted octanol–water partition coefficient (Wildman–Crippen LogP) is 4.57. The van der Waals surface area contributed by atoms with Crippen LogP contribution in [0, 0.1) is 0 Å². The van der Waals surface area contributed by atoms with Crippen molar-refractivity contribution in [3.05, 3.63) is 0 Å². The molecule has 0 aliphatic rings. The van der Waals surface area contributed by atoms with E-state index in [-0.39, 0.29) is 0 Å². The molecule has 0 heterocycles. The lowest BCUT2D eigenvalue weighted by molar-refractivity contribution is 0.422. The lowest BCUT2D eigenvalue weighted by atomic mass is 10.0. The van der Waals surface area contributed by atoms with E-state index in [1.807, 2.05) is 0 Å². The molecule has 0 radical (unpaired) electrons. The van der Waals surface area contributed by atoms with Gasteiger partial charge in [0.2, 0.25) is 0 Å². The second kappa shape index (κ2) is 8.92. The molecule has 4 heteroatoms. The van der Waals surface area contributed by atoms with Gasteiger partial charge < -0.3 is 0 Å². The third kappa shape index (κ3) is 8.09. The second-order valence-corrected chi connectivity index (χ2v) is 7.87. The fourth-order valence-corrected chi connectivity index (χ4v) is 2.39. The molecular weight excluding hydrogens is 248 g/mol. The molecule has 0 aromatic heterocycles. The minimum absolute atomic E-state index is 0.543. The molecule has 0 spiro atoms. The van der Waals surface area contributed by atoms with E-state index in [1.165, 1.54) is 44.9 Å². The number of hydrogen-bond acceptors (Lipinski definition) is 2. The lowest BCUT2D eigenvalue weighted by Crippen LogP contribution is -2.31. The van der Waals surface area contributed by atoms with Crippen molar-refractivity contribution in [1.29, 1.82) is 0 Å². The highest BCUT2D eigenvalue weighted by atomic mass is 32.2. The van der Waals surface area contributed by atoms with Crippen LogP contribution in [0.3, 0.4) is 0 Å². The Balaban J connectivity index is 3.46. The third-order valence-corrected chi connectivity index (χ3v) is 5.18. The summed E-state index contributed by atoms with van der Waals surface area (Å²) in [6, 6.07) is 0. The Hall–Kier alpha value is -0.0900. The molecule has 0 rings (SSSR count). The van der Waals surface area contributed by atoms with Crippen molar-refractivity contribution in [2.24, 2.45) is 0 Å². The zero-order valence-electron chi connectivity index (χ0n) is 12.2. The summed E-state index contributed by atoms with van der Waals surface area (Å²) in [5, 5.41) is 0. The molecule has 1 N–H and O–H groups in total. The monoisotopic (exact) mass is 278 g/mol. The smallest absolute Gasteiger partial charge is 0.270 e. The van der Waals surface area contributed by atoms with Gasteiger partial charge in [-0.15, -0.1) is 0 Å². The Bertz CT molecular complexity index is 294. The summed E-state index contributed by atoms with van der Waals surface area (Å²) in [5.41, 5.74) is 0. The van der Waals surface area contributed by atoms with E-state index >= 15 is 0 Å². The Morgan fingerprint density at radius 3 is 1.61 bits per heavy atom. The molecule has 18 heavy (non-hydrogen) atoms. The van der Waals surface area contributed by atoms with Crippen molar-refractivity contribution in [2.45, 2.75) is 89.7 Å². The predicted molar refractivity (Wildman–Crippen MR) is 77.5 cm³/mol. The van der Waals surface area contributed by atoms with Crippen molar-refractivity contribution in [2.75, 3.05) is 0 Å².